The molecule has 7 heteroatoms. The molecular weight excluding hydrogens is 220 g/mol. The number of hydrogen-bond acceptors (Lipinski definition) is 4. The highest BCUT2D eigenvalue weighted by Crippen LogP contribution is 2.09. The van der Waals surface area contributed by atoms with Gasteiger partial charge < -0.3 is 5.11 Å². The van der Waals surface area contributed by atoms with Gasteiger partial charge in [0, 0.05) is 6.20 Å². The number of aromatic carboxylic acids is 1. The first kappa shape index (κ1) is 9.60. The zero-order valence-electron chi connectivity index (χ0n) is 7.33. The monoisotopic (exact) mass is 224 g/mol. The van der Waals surface area contributed by atoms with Crippen LogP contribution in [0, 0.1) is 0 Å². The van der Waals surface area contributed by atoms with Gasteiger partial charge in [-0.25, -0.2) is 14.5 Å². The summed E-state index contributed by atoms with van der Waals surface area (Å²) in [6.45, 7) is 0. The molecule has 0 aromatic carbocycles. The molecule has 0 saturated carbocycles. The van der Waals surface area contributed by atoms with Gasteiger partial charge in [-0.05, 0) is 12.1 Å². The Morgan fingerprint density at radius 1 is 1.47 bits per heavy atom. The highest BCUT2D eigenvalue weighted by molar-refractivity contribution is 6.30. The lowest BCUT2D eigenvalue weighted by Crippen LogP contribution is -1.97. The number of halogens is 1. The van der Waals surface area contributed by atoms with Crippen LogP contribution in [0.2, 0.25) is 5.02 Å². The van der Waals surface area contributed by atoms with Crippen molar-refractivity contribution in [3.05, 3.63) is 35.2 Å². The fourth-order valence-electron chi connectivity index (χ4n) is 0.977. The summed E-state index contributed by atoms with van der Waals surface area (Å²) in [6, 6.07) is 3.24. The van der Waals surface area contributed by atoms with Crippen molar-refractivity contribution in [2.24, 2.45) is 0 Å². The van der Waals surface area contributed by atoms with Crippen LogP contribution in [0.25, 0.3) is 5.82 Å². The lowest BCUT2D eigenvalue weighted by Gasteiger charge is -1.96. The molecule has 2 heterocycles. The van der Waals surface area contributed by atoms with Crippen molar-refractivity contribution in [2.75, 3.05) is 0 Å². The van der Waals surface area contributed by atoms with Crippen molar-refractivity contribution >= 4 is 17.6 Å². The van der Waals surface area contributed by atoms with E-state index in [0.29, 0.717) is 10.8 Å². The molecule has 0 unspecified atom stereocenters. The van der Waals surface area contributed by atoms with Gasteiger partial charge in [-0.15, -0.1) is 5.10 Å². The second-order valence-electron chi connectivity index (χ2n) is 2.69. The maximum Gasteiger partial charge on any atom is 0.358 e. The van der Waals surface area contributed by atoms with Crippen molar-refractivity contribution in [3.63, 3.8) is 0 Å². The van der Waals surface area contributed by atoms with E-state index < -0.39 is 5.97 Å². The van der Waals surface area contributed by atoms with Crippen LogP contribution in [-0.2, 0) is 0 Å². The predicted octanol–water partition coefficient (Wildman–Crippen LogP) is 1.01. The van der Waals surface area contributed by atoms with Crippen molar-refractivity contribution in [3.8, 4) is 5.82 Å². The fraction of sp³-hybridized carbons (Fsp3) is 0. The summed E-state index contributed by atoms with van der Waals surface area (Å²) in [5, 5.41) is 16.2. The van der Waals surface area contributed by atoms with E-state index in [9.17, 15) is 4.79 Å². The smallest absolute Gasteiger partial charge is 0.358 e. The number of aromatic nitrogens is 4. The summed E-state index contributed by atoms with van der Waals surface area (Å²) < 4.78 is 1.26. The summed E-state index contributed by atoms with van der Waals surface area (Å²) in [5.74, 6) is -0.672. The van der Waals surface area contributed by atoms with Gasteiger partial charge in [-0.1, -0.05) is 16.8 Å². The van der Waals surface area contributed by atoms with Gasteiger partial charge in [-0.3, -0.25) is 0 Å². The first-order chi connectivity index (χ1) is 7.16. The van der Waals surface area contributed by atoms with E-state index in [1.807, 2.05) is 0 Å². The molecule has 15 heavy (non-hydrogen) atoms. The fourth-order valence-corrected chi connectivity index (χ4v) is 1.09. The Morgan fingerprint density at radius 2 is 2.27 bits per heavy atom. The molecule has 0 radical (unpaired) electrons. The molecule has 0 aliphatic heterocycles. The van der Waals surface area contributed by atoms with Gasteiger partial charge in [0.05, 0.1) is 11.2 Å². The van der Waals surface area contributed by atoms with E-state index in [0.717, 1.165) is 0 Å². The zero-order chi connectivity index (χ0) is 10.8. The molecule has 0 spiro atoms. The van der Waals surface area contributed by atoms with Crippen LogP contribution in [0.4, 0.5) is 0 Å². The molecule has 6 nitrogen and oxygen atoms in total. The molecule has 0 aliphatic rings. The largest absolute Gasteiger partial charge is 0.476 e. The third-order valence-corrected chi connectivity index (χ3v) is 1.88. The minimum atomic E-state index is -1.13. The first-order valence-corrected chi connectivity index (χ1v) is 4.32. The van der Waals surface area contributed by atoms with Crippen molar-refractivity contribution in [2.45, 2.75) is 0 Å². The van der Waals surface area contributed by atoms with E-state index in [-0.39, 0.29) is 5.69 Å². The number of hydrogen-bond donors (Lipinski definition) is 1. The highest BCUT2D eigenvalue weighted by atomic mass is 35.5. The van der Waals surface area contributed by atoms with E-state index >= 15 is 0 Å². The molecular formula is C8H5ClN4O2. The molecule has 2 rings (SSSR count). The molecule has 0 aliphatic carbocycles. The topological polar surface area (TPSA) is 80.9 Å². The number of nitrogens with zero attached hydrogens (tertiary/aromatic N) is 4. The number of carboxylic acid groups (broad SMARTS) is 1. The maximum atomic E-state index is 10.5. The molecule has 0 amide bonds. The van der Waals surface area contributed by atoms with Crippen LogP contribution in [0.5, 0.6) is 0 Å². The first-order valence-electron chi connectivity index (χ1n) is 3.94. The van der Waals surface area contributed by atoms with Crippen LogP contribution < -0.4 is 0 Å². The Hall–Kier alpha value is -1.95. The van der Waals surface area contributed by atoms with Gasteiger partial charge >= 0.3 is 5.97 Å². The van der Waals surface area contributed by atoms with Crippen LogP contribution in [-0.4, -0.2) is 31.1 Å². The highest BCUT2D eigenvalue weighted by Gasteiger charge is 2.09. The Morgan fingerprint density at radius 3 is 2.80 bits per heavy atom. The van der Waals surface area contributed by atoms with Crippen LogP contribution in [0.1, 0.15) is 10.5 Å². The second-order valence-corrected chi connectivity index (χ2v) is 3.12. The molecule has 0 atom stereocenters. The maximum absolute atomic E-state index is 10.5. The van der Waals surface area contributed by atoms with E-state index in [2.05, 4.69) is 15.3 Å². The minimum Gasteiger partial charge on any atom is -0.476 e. The second kappa shape index (κ2) is 3.66. The summed E-state index contributed by atoms with van der Waals surface area (Å²) in [7, 11) is 0. The molecule has 0 bridgehead atoms. The quantitative estimate of drug-likeness (QED) is 0.824. The lowest BCUT2D eigenvalue weighted by atomic mass is 10.4. The van der Waals surface area contributed by atoms with E-state index in [4.69, 9.17) is 16.7 Å². The Bertz CT molecular complexity index is 494. The summed E-state index contributed by atoms with van der Waals surface area (Å²) in [5.41, 5.74) is -0.133. The normalized spacial score (nSPS) is 10.2. The third-order valence-electron chi connectivity index (χ3n) is 1.66. The standard InChI is InChI=1S/C8H5ClN4O2/c9-5-1-2-7(10-3-5)13-4-6(8(14)15)11-12-13/h1-4H,(H,14,15). The molecule has 0 fully saturated rings. The van der Waals surface area contributed by atoms with E-state index in [1.54, 1.807) is 12.1 Å². The lowest BCUT2D eigenvalue weighted by molar-refractivity contribution is 0.0690. The van der Waals surface area contributed by atoms with Crippen LogP contribution in [0.3, 0.4) is 0 Å². The Balaban J connectivity index is 2.37. The number of carboxylic acids is 1. The van der Waals surface area contributed by atoms with E-state index in [1.165, 1.54) is 17.1 Å². The van der Waals surface area contributed by atoms with Crippen molar-refractivity contribution in [1.82, 2.24) is 20.0 Å². The summed E-state index contributed by atoms with van der Waals surface area (Å²) in [6.07, 6.45) is 2.72. The minimum absolute atomic E-state index is 0.133. The zero-order valence-corrected chi connectivity index (χ0v) is 8.09. The molecule has 76 valence electrons. The number of carbonyl (C=O) groups is 1. The predicted molar refractivity (Wildman–Crippen MR) is 51.1 cm³/mol. The SMILES string of the molecule is O=C(O)c1cn(-c2ccc(Cl)cn2)nn1. The van der Waals surface area contributed by atoms with Crippen LogP contribution in [0.15, 0.2) is 24.5 Å². The number of rotatable bonds is 2. The van der Waals surface area contributed by atoms with Gasteiger partial charge in [0.25, 0.3) is 0 Å². The Labute approximate surface area is 89.1 Å². The average molecular weight is 225 g/mol. The van der Waals surface area contributed by atoms with Gasteiger partial charge in [0.2, 0.25) is 0 Å². The summed E-state index contributed by atoms with van der Waals surface area (Å²) in [4.78, 5) is 14.5. The van der Waals surface area contributed by atoms with Gasteiger partial charge in [0.1, 0.15) is 0 Å². The van der Waals surface area contributed by atoms with Gasteiger partial charge in [-0.2, -0.15) is 0 Å². The molecule has 2 aromatic rings. The summed E-state index contributed by atoms with van der Waals surface area (Å²) >= 11 is 5.65. The Kier molecular flexibility index (Phi) is 2.34. The van der Waals surface area contributed by atoms with Crippen molar-refractivity contribution in [1.29, 1.82) is 0 Å². The van der Waals surface area contributed by atoms with Crippen molar-refractivity contribution < 1.29 is 9.90 Å². The number of pyridine rings is 1. The molecule has 0 saturated heterocycles. The van der Waals surface area contributed by atoms with Crippen LogP contribution >= 0.6 is 11.6 Å². The third kappa shape index (κ3) is 1.94. The van der Waals surface area contributed by atoms with Gasteiger partial charge in [0.15, 0.2) is 11.5 Å². The molecule has 1 N–H and O–H groups in total. The average Bonchev–Trinajstić information content (AvgIpc) is 2.68. The molecule has 2 aromatic heterocycles.